The molecule has 0 saturated carbocycles. The third-order valence-electron chi connectivity index (χ3n) is 5.32. The van der Waals surface area contributed by atoms with Gasteiger partial charge in [-0.25, -0.2) is 5.10 Å². The minimum absolute atomic E-state index is 0.135. The van der Waals surface area contributed by atoms with Crippen molar-refractivity contribution in [2.75, 3.05) is 26.2 Å². The standard InChI is InChI=1S/C19H24N4O3/c24-18-16-6-2-1-5-15(16)17(21-22-18)19(25)20-13-7-9-23(10-8-13)12-14-4-3-11-26-14/h1-2,5-6,13-14H,3-4,7-12H2,(H,20,25)(H,22,24). The number of H-pyrrole nitrogens is 1. The fourth-order valence-corrected chi connectivity index (χ4v) is 3.88. The molecular weight excluding hydrogens is 332 g/mol. The lowest BCUT2D eigenvalue weighted by molar-refractivity contribution is 0.0612. The van der Waals surface area contributed by atoms with Crippen molar-refractivity contribution in [3.8, 4) is 0 Å². The van der Waals surface area contributed by atoms with E-state index in [2.05, 4.69) is 20.4 Å². The number of aromatic amines is 1. The lowest BCUT2D eigenvalue weighted by atomic mass is 10.0. The second-order valence-corrected chi connectivity index (χ2v) is 7.13. The van der Waals surface area contributed by atoms with E-state index in [1.807, 2.05) is 6.07 Å². The molecule has 138 valence electrons. The summed E-state index contributed by atoms with van der Waals surface area (Å²) in [5.74, 6) is -0.227. The van der Waals surface area contributed by atoms with E-state index in [1.54, 1.807) is 18.2 Å². The normalized spacial score (nSPS) is 21.9. The molecule has 2 aliphatic heterocycles. The van der Waals surface area contributed by atoms with E-state index in [1.165, 1.54) is 0 Å². The Labute approximate surface area is 151 Å². The Morgan fingerprint density at radius 1 is 1.23 bits per heavy atom. The largest absolute Gasteiger partial charge is 0.377 e. The highest BCUT2D eigenvalue weighted by atomic mass is 16.5. The van der Waals surface area contributed by atoms with Crippen molar-refractivity contribution in [1.82, 2.24) is 20.4 Å². The monoisotopic (exact) mass is 356 g/mol. The molecule has 1 atom stereocenters. The predicted octanol–water partition coefficient (Wildman–Crippen LogP) is 1.30. The predicted molar refractivity (Wildman–Crippen MR) is 98.3 cm³/mol. The average molecular weight is 356 g/mol. The van der Waals surface area contributed by atoms with Crippen LogP contribution in [-0.2, 0) is 4.74 Å². The summed E-state index contributed by atoms with van der Waals surface area (Å²) in [5.41, 5.74) is 0.00146. The van der Waals surface area contributed by atoms with Gasteiger partial charge in [0.2, 0.25) is 0 Å². The molecule has 0 bridgehead atoms. The maximum Gasteiger partial charge on any atom is 0.272 e. The maximum atomic E-state index is 12.7. The molecule has 2 fully saturated rings. The minimum atomic E-state index is -0.278. The smallest absolute Gasteiger partial charge is 0.272 e. The highest BCUT2D eigenvalue weighted by molar-refractivity contribution is 6.04. The zero-order chi connectivity index (χ0) is 17.9. The summed E-state index contributed by atoms with van der Waals surface area (Å²) in [6.07, 6.45) is 4.52. The van der Waals surface area contributed by atoms with Crippen molar-refractivity contribution < 1.29 is 9.53 Å². The number of fused-ring (bicyclic) bond motifs is 1. The molecule has 26 heavy (non-hydrogen) atoms. The maximum absolute atomic E-state index is 12.7. The summed E-state index contributed by atoms with van der Waals surface area (Å²) in [7, 11) is 0. The number of benzene rings is 1. The van der Waals surface area contributed by atoms with Gasteiger partial charge in [-0.1, -0.05) is 18.2 Å². The molecule has 0 radical (unpaired) electrons. The van der Waals surface area contributed by atoms with Crippen molar-refractivity contribution >= 4 is 16.7 Å². The van der Waals surface area contributed by atoms with Gasteiger partial charge in [-0.3, -0.25) is 9.59 Å². The number of amides is 1. The van der Waals surface area contributed by atoms with Gasteiger partial charge in [0, 0.05) is 37.7 Å². The SMILES string of the molecule is O=C(NC1CCN(CC2CCCO2)CC1)c1n[nH]c(=O)c2ccccc12. The van der Waals surface area contributed by atoms with Crippen molar-refractivity contribution in [3.05, 3.63) is 40.3 Å². The number of likely N-dealkylation sites (tertiary alicyclic amines) is 1. The van der Waals surface area contributed by atoms with Crippen LogP contribution in [0.3, 0.4) is 0 Å². The molecule has 2 aliphatic rings. The molecule has 2 N–H and O–H groups in total. The second kappa shape index (κ2) is 7.55. The van der Waals surface area contributed by atoms with Crippen LogP contribution in [0.25, 0.3) is 10.8 Å². The average Bonchev–Trinajstić information content (AvgIpc) is 3.17. The zero-order valence-electron chi connectivity index (χ0n) is 14.7. The van der Waals surface area contributed by atoms with E-state index in [9.17, 15) is 9.59 Å². The Hall–Kier alpha value is -2.25. The molecule has 4 rings (SSSR count). The molecule has 1 aromatic carbocycles. The quantitative estimate of drug-likeness (QED) is 0.862. The molecule has 1 amide bonds. The van der Waals surface area contributed by atoms with E-state index in [0.717, 1.165) is 51.9 Å². The highest BCUT2D eigenvalue weighted by Crippen LogP contribution is 2.18. The number of nitrogens with one attached hydrogen (secondary N) is 2. The van der Waals surface area contributed by atoms with Crippen molar-refractivity contribution in [2.24, 2.45) is 0 Å². The number of hydrogen-bond acceptors (Lipinski definition) is 5. The van der Waals surface area contributed by atoms with Crippen LogP contribution in [0.5, 0.6) is 0 Å². The van der Waals surface area contributed by atoms with Crippen molar-refractivity contribution in [3.63, 3.8) is 0 Å². The number of aromatic nitrogens is 2. The molecule has 7 nitrogen and oxygen atoms in total. The Bertz CT molecular complexity index is 836. The molecule has 3 heterocycles. The molecule has 0 spiro atoms. The van der Waals surface area contributed by atoms with Crippen LogP contribution in [-0.4, -0.2) is 59.4 Å². The molecule has 2 saturated heterocycles. The first-order valence-corrected chi connectivity index (χ1v) is 9.33. The van der Waals surface area contributed by atoms with Crippen LogP contribution in [0.15, 0.2) is 29.1 Å². The summed E-state index contributed by atoms with van der Waals surface area (Å²) in [6, 6.07) is 7.19. The Morgan fingerprint density at radius 3 is 2.73 bits per heavy atom. The molecule has 1 aromatic heterocycles. The van der Waals surface area contributed by atoms with Gasteiger partial charge in [-0.05, 0) is 31.7 Å². The first-order valence-electron chi connectivity index (χ1n) is 9.33. The van der Waals surface area contributed by atoms with Crippen LogP contribution >= 0.6 is 0 Å². The molecule has 2 aromatic rings. The van der Waals surface area contributed by atoms with Crippen molar-refractivity contribution in [2.45, 2.75) is 37.8 Å². The Morgan fingerprint density at radius 2 is 2.00 bits per heavy atom. The van der Waals surface area contributed by atoms with E-state index < -0.39 is 0 Å². The first-order chi connectivity index (χ1) is 12.7. The lowest BCUT2D eigenvalue weighted by Crippen LogP contribution is -2.46. The second-order valence-electron chi connectivity index (χ2n) is 7.13. The summed E-state index contributed by atoms with van der Waals surface area (Å²) < 4.78 is 5.71. The number of hydrogen-bond donors (Lipinski definition) is 2. The van der Waals surface area contributed by atoms with Gasteiger partial charge in [-0.2, -0.15) is 5.10 Å². The van der Waals surface area contributed by atoms with Gasteiger partial charge < -0.3 is 15.0 Å². The van der Waals surface area contributed by atoms with Gasteiger partial charge >= 0.3 is 0 Å². The summed E-state index contributed by atoms with van der Waals surface area (Å²) in [5, 5.41) is 10.6. The number of carbonyl (C=O) groups is 1. The summed E-state index contributed by atoms with van der Waals surface area (Å²) in [6.45, 7) is 3.80. The van der Waals surface area contributed by atoms with Crippen LogP contribution < -0.4 is 10.9 Å². The van der Waals surface area contributed by atoms with Crippen molar-refractivity contribution in [1.29, 1.82) is 0 Å². The third kappa shape index (κ3) is 3.64. The molecule has 7 heteroatoms. The van der Waals surface area contributed by atoms with E-state index in [-0.39, 0.29) is 23.2 Å². The molecular formula is C19H24N4O3. The van der Waals surface area contributed by atoms with Gasteiger partial charge in [-0.15, -0.1) is 0 Å². The van der Waals surface area contributed by atoms with Crippen LogP contribution in [0, 0.1) is 0 Å². The van der Waals surface area contributed by atoms with E-state index in [4.69, 9.17) is 4.74 Å². The van der Waals surface area contributed by atoms with E-state index >= 15 is 0 Å². The summed E-state index contributed by atoms with van der Waals surface area (Å²) >= 11 is 0. The first kappa shape index (κ1) is 17.2. The van der Waals surface area contributed by atoms with Crippen LogP contribution in [0.2, 0.25) is 0 Å². The van der Waals surface area contributed by atoms with Gasteiger partial charge in [0.25, 0.3) is 11.5 Å². The zero-order valence-corrected chi connectivity index (χ0v) is 14.7. The van der Waals surface area contributed by atoms with Crippen LogP contribution in [0.4, 0.5) is 0 Å². The molecule has 1 unspecified atom stereocenters. The third-order valence-corrected chi connectivity index (χ3v) is 5.32. The summed E-state index contributed by atoms with van der Waals surface area (Å²) in [4.78, 5) is 26.9. The lowest BCUT2D eigenvalue weighted by Gasteiger charge is -2.33. The van der Waals surface area contributed by atoms with Gasteiger partial charge in [0.05, 0.1) is 11.5 Å². The van der Waals surface area contributed by atoms with Gasteiger partial charge in [0.15, 0.2) is 5.69 Å². The fraction of sp³-hybridized carbons (Fsp3) is 0.526. The number of piperidine rings is 1. The van der Waals surface area contributed by atoms with Crippen LogP contribution in [0.1, 0.15) is 36.2 Å². The number of carbonyl (C=O) groups excluding carboxylic acids is 1. The van der Waals surface area contributed by atoms with E-state index in [0.29, 0.717) is 16.9 Å². The number of nitrogens with zero attached hydrogens (tertiary/aromatic N) is 2. The van der Waals surface area contributed by atoms with Gasteiger partial charge in [0.1, 0.15) is 0 Å². The highest BCUT2D eigenvalue weighted by Gasteiger charge is 2.25. The Kier molecular flexibility index (Phi) is 4.99. The minimum Gasteiger partial charge on any atom is -0.377 e. The topological polar surface area (TPSA) is 87.3 Å². The Balaban J connectivity index is 1.37. The molecule has 0 aliphatic carbocycles. The fourth-order valence-electron chi connectivity index (χ4n) is 3.88. The number of ether oxygens (including phenoxy) is 1. The number of rotatable bonds is 4.